The molecule has 5 atom stereocenters. The van der Waals surface area contributed by atoms with E-state index >= 15 is 0 Å². The zero-order chi connectivity index (χ0) is 16.4. The van der Waals surface area contributed by atoms with Crippen LogP contribution in [0.3, 0.4) is 0 Å². The number of aromatic nitrogens is 3. The summed E-state index contributed by atoms with van der Waals surface area (Å²) in [5, 5.41) is 10.2. The number of aliphatic hydroxyl groups excluding tert-OH is 1. The quantitative estimate of drug-likeness (QED) is 0.628. The Balaban J connectivity index is 1.81. The predicted molar refractivity (Wildman–Crippen MR) is 87.9 cm³/mol. The van der Waals surface area contributed by atoms with Gasteiger partial charge in [-0.3, -0.25) is 4.67 Å². The molecule has 0 aromatic carbocycles. The maximum Gasteiger partial charge on any atom is 0.163 e. The van der Waals surface area contributed by atoms with Gasteiger partial charge in [-0.05, 0) is 13.8 Å². The summed E-state index contributed by atoms with van der Waals surface area (Å²) in [6.45, 7) is 3.76. The maximum atomic E-state index is 9.78. The van der Waals surface area contributed by atoms with Crippen LogP contribution in [0, 0.1) is 0 Å². The SMILES string of the molecule is CC1(C)O[C@@H]2[C@H](O1)[C@@H](CO)N(P)[C@H]2c1c[nH]c2c(Cl)ncnc12. The van der Waals surface area contributed by atoms with Crippen molar-refractivity contribution in [2.45, 2.75) is 43.9 Å². The van der Waals surface area contributed by atoms with E-state index in [0.29, 0.717) is 10.7 Å². The van der Waals surface area contributed by atoms with Gasteiger partial charge in [0.05, 0.1) is 24.2 Å². The Hall–Kier alpha value is -0.820. The molecule has 2 aromatic rings. The van der Waals surface area contributed by atoms with Gasteiger partial charge in [0.2, 0.25) is 0 Å². The molecule has 0 saturated carbocycles. The summed E-state index contributed by atoms with van der Waals surface area (Å²) in [7, 11) is 2.68. The monoisotopic (exact) mass is 356 g/mol. The number of rotatable bonds is 2. The standard InChI is InChI=1S/C14H18ClN4O3P/c1-14(2)21-11-7(4-20)19(23)10(12(11)22-14)6-3-16-9-8(6)17-5-18-13(9)15/h3,5,7,10-12,16,20H,4,23H2,1-2H3/t7-,10+,11-,12+/m1/s1. The molecule has 0 amide bonds. The highest BCUT2D eigenvalue weighted by Crippen LogP contribution is 2.49. The number of fused-ring (bicyclic) bond motifs is 2. The highest BCUT2D eigenvalue weighted by Gasteiger charge is 2.57. The van der Waals surface area contributed by atoms with Crippen molar-refractivity contribution in [1.29, 1.82) is 0 Å². The van der Waals surface area contributed by atoms with Gasteiger partial charge in [-0.2, -0.15) is 0 Å². The molecule has 2 N–H and O–H groups in total. The largest absolute Gasteiger partial charge is 0.395 e. The van der Waals surface area contributed by atoms with Crippen LogP contribution in [0.15, 0.2) is 12.5 Å². The lowest BCUT2D eigenvalue weighted by atomic mass is 10.0. The average molecular weight is 357 g/mol. The van der Waals surface area contributed by atoms with E-state index in [4.69, 9.17) is 21.1 Å². The number of aromatic amines is 1. The van der Waals surface area contributed by atoms with Crippen molar-refractivity contribution in [2.24, 2.45) is 0 Å². The first-order valence-electron chi connectivity index (χ1n) is 7.40. The molecule has 2 aromatic heterocycles. The van der Waals surface area contributed by atoms with Crippen molar-refractivity contribution in [3.05, 3.63) is 23.2 Å². The van der Waals surface area contributed by atoms with E-state index < -0.39 is 5.79 Å². The van der Waals surface area contributed by atoms with E-state index in [0.717, 1.165) is 11.1 Å². The molecule has 2 saturated heterocycles. The maximum absolute atomic E-state index is 9.78. The summed E-state index contributed by atoms with van der Waals surface area (Å²) in [5.41, 5.74) is 2.41. The summed E-state index contributed by atoms with van der Waals surface area (Å²) >= 11 is 6.13. The van der Waals surface area contributed by atoms with Gasteiger partial charge in [-0.25, -0.2) is 9.97 Å². The minimum Gasteiger partial charge on any atom is -0.395 e. The van der Waals surface area contributed by atoms with Crippen molar-refractivity contribution >= 4 is 32.0 Å². The number of halogens is 1. The fourth-order valence-electron chi connectivity index (χ4n) is 3.59. The van der Waals surface area contributed by atoms with Crippen molar-refractivity contribution in [3.63, 3.8) is 0 Å². The van der Waals surface area contributed by atoms with Crippen molar-refractivity contribution in [2.75, 3.05) is 6.61 Å². The van der Waals surface area contributed by atoms with Crippen LogP contribution in [0.1, 0.15) is 25.5 Å². The van der Waals surface area contributed by atoms with Gasteiger partial charge < -0.3 is 19.6 Å². The van der Waals surface area contributed by atoms with Gasteiger partial charge in [0.15, 0.2) is 10.9 Å². The molecule has 0 aliphatic carbocycles. The molecule has 2 aliphatic rings. The van der Waals surface area contributed by atoms with Gasteiger partial charge in [-0.15, -0.1) is 0 Å². The predicted octanol–water partition coefficient (Wildman–Crippen LogP) is 1.64. The zero-order valence-electron chi connectivity index (χ0n) is 12.7. The number of nitrogens with one attached hydrogen (secondary N) is 1. The molecule has 0 bridgehead atoms. The Bertz CT molecular complexity index is 755. The fraction of sp³-hybridized carbons (Fsp3) is 0.571. The molecule has 4 rings (SSSR count). The molecule has 7 nitrogen and oxygen atoms in total. The molecule has 2 fully saturated rings. The lowest BCUT2D eigenvalue weighted by molar-refractivity contribution is -0.163. The number of H-pyrrole nitrogens is 1. The first-order valence-corrected chi connectivity index (χ1v) is 8.29. The Morgan fingerprint density at radius 3 is 2.87 bits per heavy atom. The second kappa shape index (κ2) is 5.34. The lowest BCUT2D eigenvalue weighted by Gasteiger charge is -2.29. The van der Waals surface area contributed by atoms with Crippen LogP contribution in [0.25, 0.3) is 11.0 Å². The molecule has 2 aliphatic heterocycles. The number of nitrogens with zero attached hydrogens (tertiary/aromatic N) is 3. The third kappa shape index (κ3) is 2.30. The first-order chi connectivity index (χ1) is 10.9. The number of aliphatic hydroxyl groups is 1. The van der Waals surface area contributed by atoms with E-state index in [1.165, 1.54) is 6.33 Å². The van der Waals surface area contributed by atoms with Crippen LogP contribution >= 0.6 is 21.0 Å². The normalized spacial score (nSPS) is 33.4. The molecule has 1 unspecified atom stereocenters. The van der Waals surface area contributed by atoms with Crippen LogP contribution in [0.5, 0.6) is 0 Å². The smallest absolute Gasteiger partial charge is 0.163 e. The molecule has 0 radical (unpaired) electrons. The Labute approximate surface area is 140 Å². The summed E-state index contributed by atoms with van der Waals surface area (Å²) in [6.07, 6.45) is 2.91. The molecule has 4 heterocycles. The average Bonchev–Trinajstić information content (AvgIpc) is 3.09. The van der Waals surface area contributed by atoms with Crippen molar-refractivity contribution < 1.29 is 14.6 Å². The van der Waals surface area contributed by atoms with Crippen molar-refractivity contribution in [1.82, 2.24) is 19.6 Å². The highest BCUT2D eigenvalue weighted by atomic mass is 35.5. The third-order valence-corrected chi connectivity index (χ3v) is 5.50. The highest BCUT2D eigenvalue weighted by molar-refractivity contribution is 7.13. The van der Waals surface area contributed by atoms with E-state index in [9.17, 15) is 5.11 Å². The number of ether oxygens (including phenoxy) is 2. The third-order valence-electron chi connectivity index (χ3n) is 4.51. The summed E-state index contributed by atoms with van der Waals surface area (Å²) in [6, 6.07) is -0.289. The van der Waals surface area contributed by atoms with Crippen LogP contribution in [0.4, 0.5) is 0 Å². The van der Waals surface area contributed by atoms with Crippen LogP contribution < -0.4 is 0 Å². The number of hydrogen-bond donors (Lipinski definition) is 2. The zero-order valence-corrected chi connectivity index (χ0v) is 14.6. The van der Waals surface area contributed by atoms with E-state index in [2.05, 4.69) is 24.3 Å². The number of hydrogen-bond acceptors (Lipinski definition) is 6. The van der Waals surface area contributed by atoms with Gasteiger partial charge in [-0.1, -0.05) is 21.0 Å². The second-order valence-electron chi connectivity index (χ2n) is 6.34. The van der Waals surface area contributed by atoms with Gasteiger partial charge >= 0.3 is 0 Å². The van der Waals surface area contributed by atoms with E-state index in [-0.39, 0.29) is 30.9 Å². The molecule has 9 heteroatoms. The topological polar surface area (TPSA) is 83.5 Å². The Morgan fingerprint density at radius 1 is 1.39 bits per heavy atom. The van der Waals surface area contributed by atoms with Gasteiger partial charge in [0.1, 0.15) is 24.1 Å². The van der Waals surface area contributed by atoms with E-state index in [1.807, 2.05) is 24.7 Å². The molecule has 124 valence electrons. The molecular weight excluding hydrogens is 339 g/mol. The van der Waals surface area contributed by atoms with Gasteiger partial charge in [0, 0.05) is 11.8 Å². The summed E-state index contributed by atoms with van der Waals surface area (Å²) < 4.78 is 14.1. The molecular formula is C14H18ClN4O3P. The lowest BCUT2D eigenvalue weighted by Crippen LogP contribution is -2.36. The first kappa shape index (κ1) is 15.7. The minimum atomic E-state index is -0.675. The van der Waals surface area contributed by atoms with Crippen LogP contribution in [-0.4, -0.2) is 55.4 Å². The molecule has 23 heavy (non-hydrogen) atoms. The van der Waals surface area contributed by atoms with Gasteiger partial charge in [0.25, 0.3) is 0 Å². The fourth-order valence-corrected chi connectivity index (χ4v) is 4.38. The van der Waals surface area contributed by atoms with Crippen LogP contribution in [-0.2, 0) is 9.47 Å². The van der Waals surface area contributed by atoms with E-state index in [1.54, 1.807) is 0 Å². The minimum absolute atomic E-state index is 0.0152. The summed E-state index contributed by atoms with van der Waals surface area (Å²) in [5.74, 6) is -0.675. The Morgan fingerprint density at radius 2 is 2.13 bits per heavy atom. The second-order valence-corrected chi connectivity index (χ2v) is 7.29. The Kier molecular flexibility index (Phi) is 3.65. The van der Waals surface area contributed by atoms with Crippen LogP contribution in [0.2, 0.25) is 5.15 Å². The molecule has 0 spiro atoms. The summed E-state index contributed by atoms with van der Waals surface area (Å²) in [4.78, 5) is 11.5. The van der Waals surface area contributed by atoms with Crippen molar-refractivity contribution in [3.8, 4) is 0 Å².